The molecular formula is C31H38N8O4. The fraction of sp³-hybridized carbons (Fsp3) is 0.419. The van der Waals surface area contributed by atoms with Crippen LogP contribution >= 0.6 is 0 Å². The Morgan fingerprint density at radius 3 is 1.58 bits per heavy atom. The molecule has 2 fully saturated rings. The van der Waals surface area contributed by atoms with Crippen molar-refractivity contribution in [2.75, 3.05) is 23.7 Å². The molecule has 43 heavy (non-hydrogen) atoms. The number of carbonyl (C=O) groups is 4. The number of carbonyl (C=O) groups excluding carboxylic acids is 4. The number of aromatic nitrogens is 2. The Morgan fingerprint density at radius 1 is 0.744 bits per heavy atom. The molecule has 0 spiro atoms. The molecule has 5 rings (SSSR count). The van der Waals surface area contributed by atoms with Gasteiger partial charge in [0.25, 0.3) is 0 Å². The molecule has 12 heteroatoms. The third-order valence-electron chi connectivity index (χ3n) is 8.16. The van der Waals surface area contributed by atoms with E-state index in [1.165, 1.54) is 0 Å². The lowest BCUT2D eigenvalue weighted by atomic mass is 10.0. The maximum atomic E-state index is 13.6. The summed E-state index contributed by atoms with van der Waals surface area (Å²) in [6.07, 6.45) is 13.9. The monoisotopic (exact) mass is 586 g/mol. The van der Waals surface area contributed by atoms with E-state index in [9.17, 15) is 19.2 Å². The second kappa shape index (κ2) is 13.3. The summed E-state index contributed by atoms with van der Waals surface area (Å²) < 4.78 is 0. The molecule has 0 saturated carbocycles. The molecule has 0 aromatic carbocycles. The molecular weight excluding hydrogens is 548 g/mol. The number of hydrogen-bond acceptors (Lipinski definition) is 8. The van der Waals surface area contributed by atoms with Gasteiger partial charge in [-0.1, -0.05) is 24.3 Å². The highest BCUT2D eigenvalue weighted by molar-refractivity contribution is 5.98. The fourth-order valence-electron chi connectivity index (χ4n) is 6.03. The maximum Gasteiger partial charge on any atom is 0.247 e. The SMILES string of the molecule is C[C@@H](NC(=O)[C@H]1CCCN1C1(N2CCC[C@@H]2C(=O)N[C@H](C)C(=O)Nc2ccccn2)C=CC=C1)C(=O)Nc1ccccn1. The summed E-state index contributed by atoms with van der Waals surface area (Å²) in [6, 6.07) is 7.89. The van der Waals surface area contributed by atoms with Crippen LogP contribution in [0.25, 0.3) is 0 Å². The first kappa shape index (κ1) is 30.1. The van der Waals surface area contributed by atoms with Crippen molar-refractivity contribution in [2.45, 2.75) is 69.4 Å². The molecule has 0 bridgehead atoms. The zero-order chi connectivity index (χ0) is 30.4. The summed E-state index contributed by atoms with van der Waals surface area (Å²) in [4.78, 5) is 65.1. The third-order valence-corrected chi connectivity index (χ3v) is 8.16. The summed E-state index contributed by atoms with van der Waals surface area (Å²) in [5.74, 6) is -0.367. The number of allylic oxidation sites excluding steroid dienone is 2. The zero-order valence-corrected chi connectivity index (χ0v) is 24.4. The highest BCUT2D eigenvalue weighted by Crippen LogP contribution is 2.39. The third kappa shape index (κ3) is 6.65. The van der Waals surface area contributed by atoms with E-state index in [-0.39, 0.29) is 23.6 Å². The van der Waals surface area contributed by atoms with Crippen LogP contribution in [0.2, 0.25) is 0 Å². The van der Waals surface area contributed by atoms with Crippen molar-refractivity contribution in [3.63, 3.8) is 0 Å². The van der Waals surface area contributed by atoms with Gasteiger partial charge in [-0.05, 0) is 75.9 Å². The zero-order valence-electron chi connectivity index (χ0n) is 24.4. The maximum absolute atomic E-state index is 13.6. The first-order chi connectivity index (χ1) is 20.8. The van der Waals surface area contributed by atoms with Gasteiger partial charge in [0.05, 0.1) is 12.1 Å². The largest absolute Gasteiger partial charge is 0.343 e. The minimum absolute atomic E-state index is 0.241. The van der Waals surface area contributed by atoms with Gasteiger partial charge in [0.2, 0.25) is 23.6 Å². The smallest absolute Gasteiger partial charge is 0.247 e. The normalized spacial score (nSPS) is 22.6. The van der Waals surface area contributed by atoms with Crippen molar-refractivity contribution in [1.82, 2.24) is 30.4 Å². The second-order valence-electron chi connectivity index (χ2n) is 11.1. The van der Waals surface area contributed by atoms with E-state index in [1.54, 1.807) is 62.6 Å². The van der Waals surface area contributed by atoms with E-state index in [1.807, 2.05) is 24.3 Å². The first-order valence-corrected chi connectivity index (χ1v) is 14.7. The lowest BCUT2D eigenvalue weighted by Gasteiger charge is -2.47. The van der Waals surface area contributed by atoms with Gasteiger partial charge in [-0.15, -0.1) is 0 Å². The van der Waals surface area contributed by atoms with Gasteiger partial charge < -0.3 is 21.3 Å². The minimum atomic E-state index is -0.782. The molecule has 2 aromatic heterocycles. The molecule has 4 atom stereocenters. The summed E-state index contributed by atoms with van der Waals surface area (Å²) >= 11 is 0. The van der Waals surface area contributed by atoms with Crippen LogP contribution in [0, 0.1) is 0 Å². The molecule has 2 aromatic rings. The standard InChI is InChI=1S/C31H38N8O4/c1-21(27(40)36-25-13-3-7-17-32-25)34-29(42)23-11-9-19-38(23)31(15-5-6-16-31)39-20-10-12-24(39)30(43)35-22(2)28(41)37-26-14-4-8-18-33-26/h3-8,13-18,21-24H,9-12,19-20H2,1-2H3,(H,34,42)(H,35,43)(H,32,36,40)(H,33,37,41)/t21-,22-,23-,24-/m1/s1. The highest BCUT2D eigenvalue weighted by Gasteiger charge is 2.51. The topological polar surface area (TPSA) is 149 Å². The Hall–Kier alpha value is -4.42. The number of likely N-dealkylation sites (tertiary alicyclic amines) is 2. The predicted molar refractivity (Wildman–Crippen MR) is 161 cm³/mol. The van der Waals surface area contributed by atoms with Crippen LogP contribution in [0.4, 0.5) is 11.6 Å². The average Bonchev–Trinajstić information content (AvgIpc) is 3.79. The number of amides is 4. The van der Waals surface area contributed by atoms with Gasteiger partial charge in [0, 0.05) is 25.5 Å². The van der Waals surface area contributed by atoms with Crippen LogP contribution in [-0.2, 0) is 19.2 Å². The molecule has 4 amide bonds. The van der Waals surface area contributed by atoms with E-state index >= 15 is 0 Å². The Kier molecular flexibility index (Phi) is 9.27. The summed E-state index contributed by atoms with van der Waals surface area (Å²) in [7, 11) is 0. The number of rotatable bonds is 10. The lowest BCUT2D eigenvalue weighted by molar-refractivity contribution is -0.135. The summed E-state index contributed by atoms with van der Waals surface area (Å²) in [5.41, 5.74) is -0.782. The van der Waals surface area contributed by atoms with Crippen molar-refractivity contribution in [3.05, 3.63) is 73.1 Å². The van der Waals surface area contributed by atoms with Crippen LogP contribution in [0.3, 0.4) is 0 Å². The molecule has 226 valence electrons. The number of pyridine rings is 2. The van der Waals surface area contributed by atoms with Crippen molar-refractivity contribution in [2.24, 2.45) is 0 Å². The molecule has 0 radical (unpaired) electrons. The van der Waals surface area contributed by atoms with Crippen molar-refractivity contribution in [1.29, 1.82) is 0 Å². The average molecular weight is 587 g/mol. The Labute approximate surface area is 251 Å². The van der Waals surface area contributed by atoms with Gasteiger partial charge in [0.1, 0.15) is 29.4 Å². The molecule has 1 aliphatic carbocycles. The van der Waals surface area contributed by atoms with Gasteiger partial charge in [-0.2, -0.15) is 0 Å². The number of hydrogen-bond donors (Lipinski definition) is 4. The lowest BCUT2D eigenvalue weighted by Crippen LogP contribution is -2.65. The Morgan fingerprint density at radius 2 is 1.19 bits per heavy atom. The molecule has 0 unspecified atom stereocenters. The van der Waals surface area contributed by atoms with E-state index in [4.69, 9.17) is 0 Å². The van der Waals surface area contributed by atoms with Crippen molar-refractivity contribution in [3.8, 4) is 0 Å². The molecule has 2 saturated heterocycles. The van der Waals surface area contributed by atoms with Crippen LogP contribution in [0.15, 0.2) is 73.1 Å². The van der Waals surface area contributed by atoms with Crippen LogP contribution < -0.4 is 21.3 Å². The van der Waals surface area contributed by atoms with Crippen LogP contribution in [0.1, 0.15) is 39.5 Å². The van der Waals surface area contributed by atoms with Gasteiger partial charge >= 0.3 is 0 Å². The van der Waals surface area contributed by atoms with Crippen molar-refractivity contribution >= 4 is 35.3 Å². The Bertz CT molecular complexity index is 1280. The molecule has 3 aliphatic rings. The Balaban J connectivity index is 1.26. The molecule has 12 nitrogen and oxygen atoms in total. The first-order valence-electron chi connectivity index (χ1n) is 14.7. The second-order valence-corrected chi connectivity index (χ2v) is 11.1. The molecule has 4 heterocycles. The highest BCUT2D eigenvalue weighted by atomic mass is 16.2. The van der Waals surface area contributed by atoms with Gasteiger partial charge in [-0.3, -0.25) is 29.0 Å². The quantitative estimate of drug-likeness (QED) is 0.330. The van der Waals surface area contributed by atoms with Crippen LogP contribution in [0.5, 0.6) is 0 Å². The van der Waals surface area contributed by atoms with Crippen molar-refractivity contribution < 1.29 is 19.2 Å². The number of nitrogens with one attached hydrogen (secondary N) is 4. The number of anilines is 2. The molecule has 4 N–H and O–H groups in total. The van der Waals surface area contributed by atoms with Gasteiger partial charge in [0.15, 0.2) is 0 Å². The molecule has 2 aliphatic heterocycles. The van der Waals surface area contributed by atoms with E-state index in [0.717, 1.165) is 12.8 Å². The van der Waals surface area contributed by atoms with Crippen LogP contribution in [-0.4, -0.2) is 86.3 Å². The fourth-order valence-corrected chi connectivity index (χ4v) is 6.03. The van der Waals surface area contributed by atoms with Gasteiger partial charge in [-0.25, -0.2) is 9.97 Å². The van der Waals surface area contributed by atoms with E-state index < -0.39 is 29.8 Å². The van der Waals surface area contributed by atoms with E-state index in [2.05, 4.69) is 41.0 Å². The minimum Gasteiger partial charge on any atom is -0.343 e. The summed E-state index contributed by atoms with van der Waals surface area (Å²) in [6.45, 7) is 4.59. The van der Waals surface area contributed by atoms with E-state index in [0.29, 0.717) is 37.6 Å². The summed E-state index contributed by atoms with van der Waals surface area (Å²) in [5, 5.41) is 11.2. The number of nitrogens with zero attached hydrogens (tertiary/aromatic N) is 4. The predicted octanol–water partition coefficient (Wildman–Crippen LogP) is 1.81.